The average molecular weight is 221 g/mol. The normalized spacial score (nSPS) is 22.8. The van der Waals surface area contributed by atoms with Gasteiger partial charge < -0.3 is 10.4 Å². The molecule has 1 aliphatic carbocycles. The predicted molar refractivity (Wildman–Crippen MR) is 59.4 cm³/mol. The quantitative estimate of drug-likeness (QED) is 0.792. The van der Waals surface area contributed by atoms with Crippen molar-refractivity contribution in [2.24, 2.45) is 5.92 Å². The van der Waals surface area contributed by atoms with Crippen LogP contribution in [0, 0.1) is 5.92 Å². The molecule has 0 spiro atoms. The van der Waals surface area contributed by atoms with Crippen molar-refractivity contribution in [2.75, 3.05) is 5.32 Å². The summed E-state index contributed by atoms with van der Waals surface area (Å²) in [6.45, 7) is 2.16. The number of nitrogens with one attached hydrogen (secondary N) is 1. The fourth-order valence-electron chi connectivity index (χ4n) is 1.83. The number of nitrogens with zero attached hydrogens (tertiary/aromatic N) is 2. The third-order valence-corrected chi connectivity index (χ3v) is 2.77. The highest BCUT2D eigenvalue weighted by Gasteiger charge is 2.36. The first-order chi connectivity index (χ1) is 7.70. The highest BCUT2D eigenvalue weighted by atomic mass is 16.4. The number of hydrogen-bond donors (Lipinski definition) is 2. The highest BCUT2D eigenvalue weighted by molar-refractivity contribution is 5.85. The van der Waals surface area contributed by atoms with Crippen LogP contribution in [0.4, 0.5) is 5.95 Å². The summed E-state index contributed by atoms with van der Waals surface area (Å²) in [5.74, 6) is 0.0944. The zero-order chi connectivity index (χ0) is 11.5. The lowest BCUT2D eigenvalue weighted by atomic mass is 10.2. The Balaban J connectivity index is 1.95. The SMILES string of the molecule is CCCC1CC1Nc1nccc(C(=O)O)n1. The lowest BCUT2D eigenvalue weighted by Gasteiger charge is -2.03. The van der Waals surface area contributed by atoms with E-state index in [1.165, 1.54) is 25.1 Å². The van der Waals surface area contributed by atoms with Crippen LogP contribution >= 0.6 is 0 Å². The zero-order valence-corrected chi connectivity index (χ0v) is 9.18. The van der Waals surface area contributed by atoms with Crippen LogP contribution in [0.2, 0.25) is 0 Å². The largest absolute Gasteiger partial charge is 0.477 e. The molecule has 2 rings (SSSR count). The molecule has 1 heterocycles. The molecule has 5 heteroatoms. The Kier molecular flexibility index (Phi) is 3.03. The summed E-state index contributed by atoms with van der Waals surface area (Å²) in [6.07, 6.45) is 4.99. The Hall–Kier alpha value is -1.65. The number of carboxylic acid groups (broad SMARTS) is 1. The van der Waals surface area contributed by atoms with E-state index in [0.717, 1.165) is 6.42 Å². The van der Waals surface area contributed by atoms with Gasteiger partial charge in [-0.3, -0.25) is 0 Å². The van der Waals surface area contributed by atoms with Crippen LogP contribution in [-0.2, 0) is 0 Å². The Morgan fingerprint density at radius 3 is 3.19 bits per heavy atom. The van der Waals surface area contributed by atoms with Crippen molar-refractivity contribution in [2.45, 2.75) is 32.2 Å². The second-order valence-corrected chi connectivity index (χ2v) is 4.11. The maximum absolute atomic E-state index is 10.7. The summed E-state index contributed by atoms with van der Waals surface area (Å²) in [5, 5.41) is 11.9. The molecule has 0 radical (unpaired) electrons. The fourth-order valence-corrected chi connectivity index (χ4v) is 1.83. The van der Waals surface area contributed by atoms with Crippen molar-refractivity contribution in [3.8, 4) is 0 Å². The van der Waals surface area contributed by atoms with Gasteiger partial charge in [0.05, 0.1) is 0 Å². The Morgan fingerprint density at radius 2 is 2.50 bits per heavy atom. The third kappa shape index (κ3) is 2.48. The van der Waals surface area contributed by atoms with Crippen molar-refractivity contribution in [1.82, 2.24) is 9.97 Å². The summed E-state index contributed by atoms with van der Waals surface area (Å²) in [5.41, 5.74) is 0.0326. The van der Waals surface area contributed by atoms with Gasteiger partial charge in [-0.2, -0.15) is 0 Å². The van der Waals surface area contributed by atoms with Gasteiger partial charge in [0.1, 0.15) is 0 Å². The minimum Gasteiger partial charge on any atom is -0.477 e. The van der Waals surface area contributed by atoms with Gasteiger partial charge >= 0.3 is 5.97 Å². The summed E-state index contributed by atoms with van der Waals surface area (Å²) < 4.78 is 0. The van der Waals surface area contributed by atoms with E-state index in [1.54, 1.807) is 0 Å². The first kappa shape index (κ1) is 10.9. The van der Waals surface area contributed by atoms with E-state index in [1.807, 2.05) is 0 Å². The first-order valence-corrected chi connectivity index (χ1v) is 5.53. The Bertz CT molecular complexity index is 395. The highest BCUT2D eigenvalue weighted by Crippen LogP contribution is 2.36. The van der Waals surface area contributed by atoms with Gasteiger partial charge in [0.25, 0.3) is 0 Å². The topological polar surface area (TPSA) is 75.1 Å². The van der Waals surface area contributed by atoms with Crippen LogP contribution in [0.15, 0.2) is 12.3 Å². The second-order valence-electron chi connectivity index (χ2n) is 4.11. The van der Waals surface area contributed by atoms with Crippen LogP contribution in [0.3, 0.4) is 0 Å². The number of rotatable bonds is 5. The van der Waals surface area contributed by atoms with Gasteiger partial charge in [-0.1, -0.05) is 13.3 Å². The van der Waals surface area contributed by atoms with Crippen molar-refractivity contribution >= 4 is 11.9 Å². The fraction of sp³-hybridized carbons (Fsp3) is 0.545. The van der Waals surface area contributed by atoms with Gasteiger partial charge in [-0.25, -0.2) is 14.8 Å². The molecule has 1 aliphatic rings. The molecule has 0 aromatic carbocycles. The lowest BCUT2D eigenvalue weighted by Crippen LogP contribution is -2.10. The standard InChI is InChI=1S/C11H15N3O2/c1-2-3-7-6-9(7)14-11-12-5-4-8(13-11)10(15)16/h4-5,7,9H,2-3,6H2,1H3,(H,15,16)(H,12,13,14). The summed E-state index contributed by atoms with van der Waals surface area (Å²) in [6, 6.07) is 1.81. The third-order valence-electron chi connectivity index (χ3n) is 2.77. The van der Waals surface area contributed by atoms with Gasteiger partial charge in [0, 0.05) is 12.2 Å². The average Bonchev–Trinajstić information content (AvgIpc) is 2.97. The minimum absolute atomic E-state index is 0.0326. The van der Waals surface area contributed by atoms with Crippen molar-refractivity contribution < 1.29 is 9.90 Å². The Morgan fingerprint density at radius 1 is 1.69 bits per heavy atom. The molecular formula is C11H15N3O2. The van der Waals surface area contributed by atoms with Gasteiger partial charge in [0.15, 0.2) is 5.69 Å². The van der Waals surface area contributed by atoms with Crippen LogP contribution in [-0.4, -0.2) is 27.1 Å². The summed E-state index contributed by atoms with van der Waals surface area (Å²) >= 11 is 0. The van der Waals surface area contributed by atoms with Crippen molar-refractivity contribution in [1.29, 1.82) is 0 Å². The number of anilines is 1. The molecule has 0 bridgehead atoms. The molecule has 16 heavy (non-hydrogen) atoms. The van der Waals surface area contributed by atoms with E-state index in [9.17, 15) is 4.79 Å². The van der Waals surface area contributed by atoms with Crippen LogP contribution in [0.1, 0.15) is 36.7 Å². The van der Waals surface area contributed by atoms with E-state index >= 15 is 0 Å². The number of carboxylic acids is 1. The molecule has 0 aliphatic heterocycles. The molecule has 1 aromatic heterocycles. The van der Waals surface area contributed by atoms with E-state index in [4.69, 9.17) is 5.11 Å². The molecule has 2 atom stereocenters. The van der Waals surface area contributed by atoms with E-state index in [-0.39, 0.29) is 5.69 Å². The first-order valence-electron chi connectivity index (χ1n) is 5.53. The van der Waals surface area contributed by atoms with Crippen LogP contribution in [0.5, 0.6) is 0 Å². The monoisotopic (exact) mass is 221 g/mol. The van der Waals surface area contributed by atoms with Crippen molar-refractivity contribution in [3.63, 3.8) is 0 Å². The molecule has 1 saturated carbocycles. The maximum Gasteiger partial charge on any atom is 0.354 e. The molecule has 2 N–H and O–H groups in total. The number of aromatic nitrogens is 2. The van der Waals surface area contributed by atoms with E-state index < -0.39 is 5.97 Å². The predicted octanol–water partition coefficient (Wildman–Crippen LogP) is 1.78. The van der Waals surface area contributed by atoms with Crippen LogP contribution in [0.25, 0.3) is 0 Å². The number of carbonyl (C=O) groups is 1. The molecule has 0 amide bonds. The Labute approximate surface area is 93.9 Å². The summed E-state index contributed by atoms with van der Waals surface area (Å²) in [7, 11) is 0. The molecular weight excluding hydrogens is 206 g/mol. The maximum atomic E-state index is 10.7. The van der Waals surface area contributed by atoms with Crippen molar-refractivity contribution in [3.05, 3.63) is 18.0 Å². The number of hydrogen-bond acceptors (Lipinski definition) is 4. The summed E-state index contributed by atoms with van der Waals surface area (Å²) in [4.78, 5) is 18.6. The molecule has 1 fully saturated rings. The van der Waals surface area contributed by atoms with E-state index in [0.29, 0.717) is 17.9 Å². The minimum atomic E-state index is -1.02. The second kappa shape index (κ2) is 4.47. The smallest absolute Gasteiger partial charge is 0.354 e. The molecule has 0 saturated heterocycles. The van der Waals surface area contributed by atoms with E-state index in [2.05, 4.69) is 22.2 Å². The molecule has 1 aromatic rings. The van der Waals surface area contributed by atoms with Crippen LogP contribution < -0.4 is 5.32 Å². The van der Waals surface area contributed by atoms with Gasteiger partial charge in [-0.05, 0) is 24.8 Å². The van der Waals surface area contributed by atoms with Gasteiger partial charge in [0.2, 0.25) is 5.95 Å². The lowest BCUT2D eigenvalue weighted by molar-refractivity contribution is 0.0690. The number of aromatic carboxylic acids is 1. The molecule has 2 unspecified atom stereocenters. The zero-order valence-electron chi connectivity index (χ0n) is 9.18. The van der Waals surface area contributed by atoms with Gasteiger partial charge in [-0.15, -0.1) is 0 Å². The molecule has 86 valence electrons. The molecule has 5 nitrogen and oxygen atoms in total.